The summed E-state index contributed by atoms with van der Waals surface area (Å²) in [6.07, 6.45) is 2.95. The van der Waals surface area contributed by atoms with Crippen LogP contribution >= 0.6 is 0 Å². The van der Waals surface area contributed by atoms with Gasteiger partial charge in [-0.15, -0.1) is 0 Å². The summed E-state index contributed by atoms with van der Waals surface area (Å²) < 4.78 is 10.3. The van der Waals surface area contributed by atoms with E-state index in [9.17, 15) is 14.4 Å². The predicted molar refractivity (Wildman–Crippen MR) is 95.6 cm³/mol. The smallest absolute Gasteiger partial charge is 0.333 e. The van der Waals surface area contributed by atoms with E-state index in [1.54, 1.807) is 45.0 Å². The SMILES string of the molecule is COC[C@@H](N)C=CC(C(=O)OC(C)(C)C)N1C(=O)c2ccccc2C1=O. The lowest BCUT2D eigenvalue weighted by Crippen LogP contribution is -2.46. The summed E-state index contributed by atoms with van der Waals surface area (Å²) in [5.74, 6) is -1.77. The van der Waals surface area contributed by atoms with E-state index < -0.39 is 35.5 Å². The average molecular weight is 360 g/mol. The Labute approximate surface area is 152 Å². The Morgan fingerprint density at radius 1 is 1.15 bits per heavy atom. The van der Waals surface area contributed by atoms with Crippen LogP contribution in [0.25, 0.3) is 0 Å². The normalized spacial score (nSPS) is 16.7. The van der Waals surface area contributed by atoms with Gasteiger partial charge >= 0.3 is 5.97 Å². The van der Waals surface area contributed by atoms with Crippen LogP contribution in [-0.4, -0.2) is 54.1 Å². The van der Waals surface area contributed by atoms with Crippen molar-refractivity contribution >= 4 is 17.8 Å². The number of amides is 2. The molecule has 1 aromatic carbocycles. The zero-order valence-electron chi connectivity index (χ0n) is 15.4. The number of benzene rings is 1. The summed E-state index contributed by atoms with van der Waals surface area (Å²) in [5, 5.41) is 0. The van der Waals surface area contributed by atoms with Crippen molar-refractivity contribution in [3.8, 4) is 0 Å². The van der Waals surface area contributed by atoms with E-state index in [-0.39, 0.29) is 17.7 Å². The summed E-state index contributed by atoms with van der Waals surface area (Å²) in [6, 6.07) is 4.76. The van der Waals surface area contributed by atoms with Gasteiger partial charge in [0.1, 0.15) is 5.60 Å². The molecule has 0 spiro atoms. The van der Waals surface area contributed by atoms with Gasteiger partial charge in [-0.1, -0.05) is 24.3 Å². The van der Waals surface area contributed by atoms with Crippen LogP contribution in [0, 0.1) is 0 Å². The van der Waals surface area contributed by atoms with Gasteiger partial charge in [-0.05, 0) is 32.9 Å². The molecule has 1 aromatic rings. The first-order valence-electron chi connectivity index (χ1n) is 8.28. The monoisotopic (exact) mass is 360 g/mol. The van der Waals surface area contributed by atoms with Gasteiger partial charge in [0.25, 0.3) is 11.8 Å². The van der Waals surface area contributed by atoms with E-state index in [4.69, 9.17) is 15.2 Å². The molecule has 1 aliphatic rings. The van der Waals surface area contributed by atoms with Crippen molar-refractivity contribution < 1.29 is 23.9 Å². The lowest BCUT2D eigenvalue weighted by molar-refractivity contribution is -0.157. The molecule has 26 heavy (non-hydrogen) atoms. The number of methoxy groups -OCH3 is 1. The van der Waals surface area contributed by atoms with Crippen LogP contribution in [0.2, 0.25) is 0 Å². The fraction of sp³-hybridized carbons (Fsp3) is 0.421. The fourth-order valence-electron chi connectivity index (χ4n) is 2.59. The Morgan fingerprint density at radius 2 is 1.69 bits per heavy atom. The summed E-state index contributed by atoms with van der Waals surface area (Å²) in [5.41, 5.74) is 5.62. The molecular weight excluding hydrogens is 336 g/mol. The van der Waals surface area contributed by atoms with Crippen molar-refractivity contribution in [3.63, 3.8) is 0 Å². The van der Waals surface area contributed by atoms with Crippen LogP contribution in [0.3, 0.4) is 0 Å². The highest BCUT2D eigenvalue weighted by atomic mass is 16.6. The van der Waals surface area contributed by atoms with Gasteiger partial charge in [0.15, 0.2) is 6.04 Å². The van der Waals surface area contributed by atoms with Gasteiger partial charge in [-0.25, -0.2) is 4.79 Å². The standard InChI is InChI=1S/C19H24N2O5/c1-19(2,3)26-18(24)15(10-9-12(20)11-25-4)21-16(22)13-7-5-6-8-14(13)17(21)23/h5-10,12,15H,11,20H2,1-4H3/t12-,15?/m0/s1. The lowest BCUT2D eigenvalue weighted by Gasteiger charge is -2.27. The lowest BCUT2D eigenvalue weighted by atomic mass is 10.1. The molecule has 2 atom stereocenters. The molecule has 140 valence electrons. The largest absolute Gasteiger partial charge is 0.458 e. The maximum absolute atomic E-state index is 12.7. The molecule has 0 saturated carbocycles. The van der Waals surface area contributed by atoms with Crippen LogP contribution in [0.1, 0.15) is 41.5 Å². The maximum atomic E-state index is 12.7. The highest BCUT2D eigenvalue weighted by Crippen LogP contribution is 2.26. The van der Waals surface area contributed by atoms with E-state index in [1.807, 2.05) is 0 Å². The molecular formula is C19H24N2O5. The third-order valence-electron chi connectivity index (χ3n) is 3.65. The van der Waals surface area contributed by atoms with Crippen molar-refractivity contribution in [2.24, 2.45) is 5.73 Å². The van der Waals surface area contributed by atoms with Crippen LogP contribution in [-0.2, 0) is 14.3 Å². The maximum Gasteiger partial charge on any atom is 0.333 e. The first kappa shape index (κ1) is 19.8. The summed E-state index contributed by atoms with van der Waals surface area (Å²) in [7, 11) is 1.50. The first-order valence-corrected chi connectivity index (χ1v) is 8.28. The minimum atomic E-state index is -1.20. The van der Waals surface area contributed by atoms with Crippen LogP contribution < -0.4 is 5.73 Å². The Kier molecular flexibility index (Phi) is 5.94. The molecule has 1 unspecified atom stereocenters. The molecule has 0 aromatic heterocycles. The van der Waals surface area contributed by atoms with Crippen LogP contribution in [0.5, 0.6) is 0 Å². The number of rotatable bonds is 6. The Balaban J connectivity index is 2.36. The zero-order valence-corrected chi connectivity index (χ0v) is 15.4. The van der Waals surface area contributed by atoms with E-state index in [0.29, 0.717) is 0 Å². The average Bonchev–Trinajstić information content (AvgIpc) is 2.79. The topological polar surface area (TPSA) is 98.9 Å². The molecule has 7 nitrogen and oxygen atoms in total. The van der Waals surface area contributed by atoms with Gasteiger partial charge in [0.2, 0.25) is 0 Å². The van der Waals surface area contributed by atoms with Gasteiger partial charge in [-0.3, -0.25) is 14.5 Å². The molecule has 2 amide bonds. The van der Waals surface area contributed by atoms with Crippen molar-refractivity contribution in [2.75, 3.05) is 13.7 Å². The highest BCUT2D eigenvalue weighted by Gasteiger charge is 2.43. The quantitative estimate of drug-likeness (QED) is 0.469. The Bertz CT molecular complexity index is 701. The zero-order chi connectivity index (χ0) is 19.5. The minimum absolute atomic E-state index is 0.236. The van der Waals surface area contributed by atoms with Crippen molar-refractivity contribution in [2.45, 2.75) is 38.5 Å². The predicted octanol–water partition coefficient (Wildman–Crippen LogP) is 1.52. The highest BCUT2D eigenvalue weighted by molar-refractivity contribution is 6.22. The van der Waals surface area contributed by atoms with Gasteiger partial charge < -0.3 is 15.2 Å². The van der Waals surface area contributed by atoms with Crippen LogP contribution in [0.15, 0.2) is 36.4 Å². The Morgan fingerprint density at radius 3 is 2.15 bits per heavy atom. The molecule has 1 aliphatic heterocycles. The van der Waals surface area contributed by atoms with E-state index >= 15 is 0 Å². The number of carbonyl (C=O) groups excluding carboxylic acids is 3. The molecule has 2 rings (SSSR count). The van der Waals surface area contributed by atoms with Crippen molar-refractivity contribution in [1.82, 2.24) is 4.90 Å². The molecule has 0 fully saturated rings. The number of nitrogens with two attached hydrogens (primary N) is 1. The van der Waals surface area contributed by atoms with Crippen LogP contribution in [0.4, 0.5) is 0 Å². The second-order valence-electron chi connectivity index (χ2n) is 7.01. The second-order valence-corrected chi connectivity index (χ2v) is 7.01. The number of hydrogen-bond acceptors (Lipinski definition) is 6. The molecule has 0 saturated heterocycles. The van der Waals surface area contributed by atoms with Gasteiger partial charge in [0.05, 0.1) is 17.7 Å². The number of nitrogens with zero attached hydrogens (tertiary/aromatic N) is 1. The number of imide groups is 1. The number of hydrogen-bond donors (Lipinski definition) is 1. The summed E-state index contributed by atoms with van der Waals surface area (Å²) in [4.78, 5) is 39.0. The Hall–Kier alpha value is -2.51. The number of carbonyl (C=O) groups is 3. The van der Waals surface area contributed by atoms with E-state index in [2.05, 4.69) is 0 Å². The van der Waals surface area contributed by atoms with Gasteiger partial charge in [-0.2, -0.15) is 0 Å². The number of esters is 1. The second kappa shape index (κ2) is 7.80. The van der Waals surface area contributed by atoms with Gasteiger partial charge in [0, 0.05) is 13.2 Å². The first-order chi connectivity index (χ1) is 12.2. The third-order valence-corrected chi connectivity index (χ3v) is 3.65. The number of fused-ring (bicyclic) bond motifs is 1. The number of ether oxygens (including phenoxy) is 2. The van der Waals surface area contributed by atoms with Crippen molar-refractivity contribution in [3.05, 3.63) is 47.5 Å². The molecule has 0 radical (unpaired) electrons. The fourth-order valence-corrected chi connectivity index (χ4v) is 2.59. The molecule has 1 heterocycles. The van der Waals surface area contributed by atoms with Crippen molar-refractivity contribution in [1.29, 1.82) is 0 Å². The third kappa shape index (κ3) is 4.36. The molecule has 2 N–H and O–H groups in total. The summed E-state index contributed by atoms with van der Waals surface area (Å²) in [6.45, 7) is 5.37. The molecule has 0 aliphatic carbocycles. The van der Waals surface area contributed by atoms with E-state index in [1.165, 1.54) is 19.3 Å². The van der Waals surface area contributed by atoms with E-state index in [0.717, 1.165) is 4.90 Å². The summed E-state index contributed by atoms with van der Waals surface area (Å²) >= 11 is 0. The molecule has 7 heteroatoms. The molecule has 0 bridgehead atoms. The minimum Gasteiger partial charge on any atom is -0.458 e.